The molecule has 14 heteroatoms. The Morgan fingerprint density at radius 2 is 1.95 bits per heavy atom. The normalized spacial score (nSPS) is 18.2. The molecular formula is C23H20F4N8O2. The number of rotatable bonds is 6. The van der Waals surface area contributed by atoms with Gasteiger partial charge in [-0.05, 0) is 32.8 Å². The minimum absolute atomic E-state index is 0.00454. The average Bonchev–Trinajstić information content (AvgIpc) is 3.41. The van der Waals surface area contributed by atoms with Crippen molar-refractivity contribution in [2.24, 2.45) is 0 Å². The lowest BCUT2D eigenvalue weighted by Crippen LogP contribution is -2.37. The quantitative estimate of drug-likeness (QED) is 0.376. The molecule has 0 saturated heterocycles. The van der Waals surface area contributed by atoms with Gasteiger partial charge in [-0.25, -0.2) is 23.9 Å². The van der Waals surface area contributed by atoms with Crippen LogP contribution < -0.4 is 10.9 Å². The molecule has 0 spiro atoms. The molecule has 37 heavy (non-hydrogen) atoms. The van der Waals surface area contributed by atoms with Crippen molar-refractivity contribution in [1.29, 1.82) is 0 Å². The summed E-state index contributed by atoms with van der Waals surface area (Å²) in [5.41, 5.74) is -0.862. The first-order chi connectivity index (χ1) is 17.5. The highest BCUT2D eigenvalue weighted by atomic mass is 19.4. The van der Waals surface area contributed by atoms with Gasteiger partial charge in [0, 0.05) is 18.2 Å². The van der Waals surface area contributed by atoms with E-state index in [1.165, 1.54) is 49.2 Å². The molecule has 2 N–H and O–H groups in total. The van der Waals surface area contributed by atoms with Gasteiger partial charge in [-0.15, -0.1) is 0 Å². The molecule has 2 atom stereocenters. The van der Waals surface area contributed by atoms with Crippen molar-refractivity contribution in [3.63, 3.8) is 0 Å². The van der Waals surface area contributed by atoms with Crippen molar-refractivity contribution < 1.29 is 22.4 Å². The number of hydrogen-bond donors (Lipinski definition) is 2. The third-order valence-corrected chi connectivity index (χ3v) is 6.31. The van der Waals surface area contributed by atoms with Crippen molar-refractivity contribution in [2.75, 3.05) is 5.32 Å². The third kappa shape index (κ3) is 4.32. The SMILES string of the molecule is CC(F)c1ccc(C2(C)C(=O)Nc3nc(-c4cn5ncnc5c(CCCC(F)(F)F)n4)[nH]c(=O)c32)nc1. The summed E-state index contributed by atoms with van der Waals surface area (Å²) in [5, 5.41) is 6.63. The van der Waals surface area contributed by atoms with Crippen molar-refractivity contribution >= 4 is 17.4 Å². The summed E-state index contributed by atoms with van der Waals surface area (Å²) in [6, 6.07) is 2.98. The second-order valence-corrected chi connectivity index (χ2v) is 8.88. The van der Waals surface area contributed by atoms with E-state index >= 15 is 0 Å². The highest BCUT2D eigenvalue weighted by molar-refractivity contribution is 6.07. The van der Waals surface area contributed by atoms with E-state index in [9.17, 15) is 27.2 Å². The summed E-state index contributed by atoms with van der Waals surface area (Å²) in [6.07, 6.45) is -2.81. The van der Waals surface area contributed by atoms with E-state index in [2.05, 4.69) is 35.3 Å². The Labute approximate surface area is 206 Å². The Balaban J connectivity index is 1.55. The second-order valence-electron chi connectivity index (χ2n) is 8.88. The van der Waals surface area contributed by atoms with Crippen molar-refractivity contribution in [2.45, 2.75) is 50.9 Å². The van der Waals surface area contributed by atoms with Crippen LogP contribution in [0.3, 0.4) is 0 Å². The first-order valence-electron chi connectivity index (χ1n) is 11.3. The number of aromatic amines is 1. The lowest BCUT2D eigenvalue weighted by atomic mass is 9.81. The van der Waals surface area contributed by atoms with Crippen LogP contribution in [0.5, 0.6) is 0 Å². The van der Waals surface area contributed by atoms with Crippen LogP contribution >= 0.6 is 0 Å². The standard InChI is InChI=1S/C23H20F4N8O2/c1-11(24)12-5-6-15(28-8-12)22(2)16-18(34-21(22)37)32-17(33-20(16)36)14-9-35-19(29-10-30-35)13(31-14)4-3-7-23(25,26)27/h5-6,8-11H,3-4,7H2,1-2H3,(H2,32,33,34,36,37). The smallest absolute Gasteiger partial charge is 0.309 e. The molecule has 1 aliphatic rings. The van der Waals surface area contributed by atoms with E-state index in [1.54, 1.807) is 0 Å². The lowest BCUT2D eigenvalue weighted by Gasteiger charge is -2.21. The van der Waals surface area contributed by atoms with Crippen LogP contribution in [0.1, 0.15) is 55.4 Å². The molecule has 2 unspecified atom stereocenters. The highest BCUT2D eigenvalue weighted by Crippen LogP contribution is 2.39. The van der Waals surface area contributed by atoms with Gasteiger partial charge in [0.05, 0.1) is 23.1 Å². The Morgan fingerprint density at radius 1 is 1.16 bits per heavy atom. The van der Waals surface area contributed by atoms with Crippen LogP contribution in [0, 0.1) is 0 Å². The van der Waals surface area contributed by atoms with Crippen LogP contribution in [-0.4, -0.2) is 46.6 Å². The molecule has 1 aliphatic heterocycles. The van der Waals surface area contributed by atoms with Crippen LogP contribution in [0.2, 0.25) is 0 Å². The number of fused-ring (bicyclic) bond motifs is 2. The molecular weight excluding hydrogens is 496 g/mol. The van der Waals surface area contributed by atoms with Crippen molar-refractivity contribution in [3.05, 3.63) is 63.7 Å². The summed E-state index contributed by atoms with van der Waals surface area (Å²) in [5.74, 6) is -0.564. The van der Waals surface area contributed by atoms with Crippen LogP contribution in [0.25, 0.3) is 17.2 Å². The van der Waals surface area contributed by atoms with E-state index in [0.29, 0.717) is 5.56 Å². The molecule has 4 aromatic rings. The van der Waals surface area contributed by atoms with Gasteiger partial charge in [0.25, 0.3) is 5.56 Å². The first-order valence-corrected chi connectivity index (χ1v) is 11.3. The number of nitrogens with zero attached hydrogens (tertiary/aromatic N) is 6. The van der Waals surface area contributed by atoms with Crippen LogP contribution in [0.4, 0.5) is 23.4 Å². The number of aryl methyl sites for hydroxylation is 1. The van der Waals surface area contributed by atoms with Crippen LogP contribution in [0.15, 0.2) is 35.6 Å². The van der Waals surface area contributed by atoms with E-state index in [4.69, 9.17) is 0 Å². The number of alkyl halides is 4. The van der Waals surface area contributed by atoms with Gasteiger partial charge in [-0.2, -0.15) is 18.3 Å². The Hall–Kier alpha value is -4.23. The predicted octanol–water partition coefficient (Wildman–Crippen LogP) is 3.44. The molecule has 0 aliphatic carbocycles. The number of anilines is 1. The van der Waals surface area contributed by atoms with E-state index in [-0.39, 0.29) is 52.8 Å². The Morgan fingerprint density at radius 3 is 2.62 bits per heavy atom. The predicted molar refractivity (Wildman–Crippen MR) is 122 cm³/mol. The minimum Gasteiger partial charge on any atom is -0.309 e. The molecule has 5 rings (SSSR count). The van der Waals surface area contributed by atoms with E-state index < -0.39 is 35.7 Å². The molecule has 0 saturated carbocycles. The van der Waals surface area contributed by atoms with Crippen molar-refractivity contribution in [3.8, 4) is 11.5 Å². The van der Waals surface area contributed by atoms with E-state index in [0.717, 1.165) is 0 Å². The number of halogens is 4. The molecule has 1 amide bonds. The van der Waals surface area contributed by atoms with Gasteiger partial charge in [-0.1, -0.05) is 6.07 Å². The monoisotopic (exact) mass is 516 g/mol. The van der Waals surface area contributed by atoms with Gasteiger partial charge >= 0.3 is 6.18 Å². The number of carbonyl (C=O) groups excluding carboxylic acids is 1. The summed E-state index contributed by atoms with van der Waals surface area (Å²) in [4.78, 5) is 45.9. The number of amides is 1. The maximum absolute atomic E-state index is 13.6. The average molecular weight is 516 g/mol. The number of carbonyl (C=O) groups is 1. The van der Waals surface area contributed by atoms with Gasteiger partial charge in [0.2, 0.25) is 5.91 Å². The fourth-order valence-electron chi connectivity index (χ4n) is 4.31. The Kier molecular flexibility index (Phi) is 5.76. The zero-order chi connectivity index (χ0) is 26.5. The fourth-order valence-corrected chi connectivity index (χ4v) is 4.31. The third-order valence-electron chi connectivity index (χ3n) is 6.31. The maximum atomic E-state index is 13.6. The molecule has 0 fully saturated rings. The number of pyridine rings is 1. The molecule has 10 nitrogen and oxygen atoms in total. The number of nitrogens with one attached hydrogen (secondary N) is 2. The molecule has 5 heterocycles. The molecule has 192 valence electrons. The zero-order valence-electron chi connectivity index (χ0n) is 19.6. The van der Waals surface area contributed by atoms with Gasteiger partial charge in [-0.3, -0.25) is 14.6 Å². The summed E-state index contributed by atoms with van der Waals surface area (Å²) < 4.78 is 52.9. The lowest BCUT2D eigenvalue weighted by molar-refractivity contribution is -0.135. The summed E-state index contributed by atoms with van der Waals surface area (Å²) in [7, 11) is 0. The highest BCUT2D eigenvalue weighted by Gasteiger charge is 2.49. The topological polar surface area (TPSA) is 131 Å². The second kappa shape index (κ2) is 8.71. The van der Waals surface area contributed by atoms with E-state index in [1.807, 2.05) is 0 Å². The number of H-pyrrole nitrogens is 1. The summed E-state index contributed by atoms with van der Waals surface area (Å²) >= 11 is 0. The Bertz CT molecular complexity index is 1560. The van der Waals surface area contributed by atoms with Crippen LogP contribution in [-0.2, 0) is 16.6 Å². The van der Waals surface area contributed by atoms with Gasteiger partial charge in [0.1, 0.15) is 29.4 Å². The number of aromatic nitrogens is 7. The fraction of sp³-hybridized carbons (Fsp3) is 0.348. The first kappa shape index (κ1) is 24.5. The largest absolute Gasteiger partial charge is 0.389 e. The summed E-state index contributed by atoms with van der Waals surface area (Å²) in [6.45, 7) is 2.88. The molecule has 4 aromatic heterocycles. The number of hydrogen-bond acceptors (Lipinski definition) is 7. The zero-order valence-corrected chi connectivity index (χ0v) is 19.6. The minimum atomic E-state index is -4.31. The van der Waals surface area contributed by atoms with Gasteiger partial charge in [0.15, 0.2) is 11.5 Å². The van der Waals surface area contributed by atoms with Gasteiger partial charge < -0.3 is 10.3 Å². The molecule has 0 aromatic carbocycles. The molecule has 0 bridgehead atoms. The maximum Gasteiger partial charge on any atom is 0.389 e. The molecule has 0 radical (unpaired) electrons. The van der Waals surface area contributed by atoms with Crippen molar-refractivity contribution in [1.82, 2.24) is 34.5 Å².